The third-order valence-electron chi connectivity index (χ3n) is 4.26. The third-order valence-corrected chi connectivity index (χ3v) is 4.53. The summed E-state index contributed by atoms with van der Waals surface area (Å²) in [6.45, 7) is 5.47. The molecule has 2 aliphatic heterocycles. The topological polar surface area (TPSA) is 56.1 Å². The maximum Gasteiger partial charge on any atom is 0.246 e. The number of fused-ring (bicyclic) bond motifs is 1. The molecule has 5 nitrogen and oxygen atoms in total. The highest BCUT2D eigenvalue weighted by Gasteiger charge is 2.43. The summed E-state index contributed by atoms with van der Waals surface area (Å²) in [5.74, 6) is 0.660. The molecular weight excluding hydrogens is 290 g/mol. The fourth-order valence-corrected chi connectivity index (χ4v) is 3.30. The minimum atomic E-state index is -0.267. The first kappa shape index (κ1) is 16.1. The Balaban J connectivity index is 2.20. The molecule has 2 rings (SSSR count). The zero-order chi connectivity index (χ0) is 15.4. The molecule has 2 heterocycles. The van der Waals surface area contributed by atoms with Crippen LogP contribution in [0.2, 0.25) is 0 Å². The molecule has 0 spiro atoms. The Kier molecular flexibility index (Phi) is 5.51. The summed E-state index contributed by atoms with van der Waals surface area (Å²) in [5.41, 5.74) is 0.701. The lowest BCUT2D eigenvalue weighted by Crippen LogP contribution is -2.49. The third kappa shape index (κ3) is 3.34. The zero-order valence-corrected chi connectivity index (χ0v) is 13.5. The van der Waals surface area contributed by atoms with E-state index in [9.17, 15) is 10.0 Å². The summed E-state index contributed by atoms with van der Waals surface area (Å²) in [6.07, 6.45) is 6.48. The van der Waals surface area contributed by atoms with Crippen LogP contribution in [0.4, 0.5) is 0 Å². The van der Waals surface area contributed by atoms with E-state index in [1.54, 1.807) is 0 Å². The van der Waals surface area contributed by atoms with Gasteiger partial charge in [0.05, 0.1) is 5.71 Å². The number of hydrogen-bond donors (Lipinski definition) is 1. The summed E-state index contributed by atoms with van der Waals surface area (Å²) in [7, 11) is 0. The number of halogens is 1. The highest BCUT2D eigenvalue weighted by Crippen LogP contribution is 2.29. The standard InChI is InChI=1S/C15H24ClN3O2/c1-11(2)19-10-6-13(17-21)12-5-9-18(8-4-3-7-16)14(12)15(19)20/h5,9,11-12,14,21H,3-4,6-8,10H2,1-2H3/b17-13-. The van der Waals surface area contributed by atoms with Crippen molar-refractivity contribution in [3.8, 4) is 0 Å². The molecule has 0 aromatic carbocycles. The fraction of sp³-hybridized carbons (Fsp3) is 0.733. The second-order valence-corrected chi connectivity index (χ2v) is 6.29. The van der Waals surface area contributed by atoms with Crippen molar-refractivity contribution in [1.82, 2.24) is 9.80 Å². The molecule has 1 fully saturated rings. The predicted octanol–water partition coefficient (Wildman–Crippen LogP) is 2.29. The van der Waals surface area contributed by atoms with Gasteiger partial charge in [-0.15, -0.1) is 11.6 Å². The molecule has 118 valence electrons. The molecule has 0 aromatic rings. The van der Waals surface area contributed by atoms with Gasteiger partial charge in [-0.25, -0.2) is 0 Å². The van der Waals surface area contributed by atoms with Gasteiger partial charge in [-0.2, -0.15) is 0 Å². The lowest BCUT2D eigenvalue weighted by molar-refractivity contribution is -0.137. The summed E-state index contributed by atoms with van der Waals surface area (Å²) in [5, 5.41) is 12.7. The van der Waals surface area contributed by atoms with Crippen molar-refractivity contribution < 1.29 is 10.0 Å². The number of carbonyl (C=O) groups excluding carboxylic acids is 1. The molecular formula is C15H24ClN3O2. The van der Waals surface area contributed by atoms with Crippen LogP contribution in [0.25, 0.3) is 0 Å². The number of unbranched alkanes of at least 4 members (excludes halogenated alkanes) is 1. The molecule has 0 aromatic heterocycles. The first-order valence-corrected chi connectivity index (χ1v) is 8.15. The minimum Gasteiger partial charge on any atom is -0.411 e. The maximum absolute atomic E-state index is 12.9. The molecule has 2 aliphatic rings. The molecule has 1 amide bonds. The van der Waals surface area contributed by atoms with Gasteiger partial charge in [0, 0.05) is 37.4 Å². The molecule has 0 bridgehead atoms. The van der Waals surface area contributed by atoms with E-state index >= 15 is 0 Å². The van der Waals surface area contributed by atoms with Gasteiger partial charge in [-0.3, -0.25) is 4.79 Å². The number of rotatable bonds is 5. The van der Waals surface area contributed by atoms with Gasteiger partial charge < -0.3 is 15.0 Å². The largest absolute Gasteiger partial charge is 0.411 e. The number of amides is 1. The fourth-order valence-electron chi connectivity index (χ4n) is 3.11. The van der Waals surface area contributed by atoms with Crippen molar-refractivity contribution in [3.05, 3.63) is 12.3 Å². The Labute approximate surface area is 131 Å². The maximum atomic E-state index is 12.9. The molecule has 6 heteroatoms. The van der Waals surface area contributed by atoms with E-state index in [0.717, 1.165) is 19.4 Å². The Morgan fingerprint density at radius 3 is 2.86 bits per heavy atom. The van der Waals surface area contributed by atoms with Gasteiger partial charge in [0.25, 0.3) is 0 Å². The predicted molar refractivity (Wildman–Crippen MR) is 83.8 cm³/mol. The van der Waals surface area contributed by atoms with E-state index in [2.05, 4.69) is 10.1 Å². The number of nitrogens with zero attached hydrogens (tertiary/aromatic N) is 3. The van der Waals surface area contributed by atoms with Crippen LogP contribution in [0, 0.1) is 5.92 Å². The van der Waals surface area contributed by atoms with E-state index < -0.39 is 0 Å². The van der Waals surface area contributed by atoms with Crippen LogP contribution in [-0.4, -0.2) is 57.7 Å². The second-order valence-electron chi connectivity index (χ2n) is 5.91. The van der Waals surface area contributed by atoms with Gasteiger partial charge >= 0.3 is 0 Å². The van der Waals surface area contributed by atoms with E-state index in [4.69, 9.17) is 11.6 Å². The first-order valence-electron chi connectivity index (χ1n) is 7.61. The molecule has 21 heavy (non-hydrogen) atoms. The zero-order valence-electron chi connectivity index (χ0n) is 12.7. The van der Waals surface area contributed by atoms with Crippen molar-refractivity contribution in [2.24, 2.45) is 11.1 Å². The lowest BCUT2D eigenvalue weighted by Gasteiger charge is -2.32. The Hall–Kier alpha value is -1.23. The summed E-state index contributed by atoms with van der Waals surface area (Å²) < 4.78 is 0. The van der Waals surface area contributed by atoms with Gasteiger partial charge in [-0.05, 0) is 32.9 Å². The number of likely N-dealkylation sites (tertiary alicyclic amines) is 1. The summed E-state index contributed by atoms with van der Waals surface area (Å²) in [4.78, 5) is 16.8. The molecule has 2 atom stereocenters. The molecule has 0 saturated carbocycles. The van der Waals surface area contributed by atoms with Crippen LogP contribution >= 0.6 is 11.6 Å². The van der Waals surface area contributed by atoms with Crippen molar-refractivity contribution in [2.45, 2.75) is 45.2 Å². The summed E-state index contributed by atoms with van der Waals surface area (Å²) in [6, 6.07) is -0.113. The molecule has 0 radical (unpaired) electrons. The highest BCUT2D eigenvalue weighted by atomic mass is 35.5. The van der Waals surface area contributed by atoms with Gasteiger partial charge in [-0.1, -0.05) is 11.2 Å². The van der Waals surface area contributed by atoms with E-state index in [1.807, 2.05) is 31.0 Å². The minimum absolute atomic E-state index is 0.109. The molecule has 2 unspecified atom stereocenters. The van der Waals surface area contributed by atoms with E-state index in [1.165, 1.54) is 0 Å². The Morgan fingerprint density at radius 2 is 2.24 bits per heavy atom. The monoisotopic (exact) mass is 313 g/mol. The molecule has 0 aliphatic carbocycles. The Bertz CT molecular complexity index is 437. The van der Waals surface area contributed by atoms with Crippen LogP contribution in [-0.2, 0) is 4.79 Å². The van der Waals surface area contributed by atoms with Gasteiger partial charge in [0.1, 0.15) is 6.04 Å². The van der Waals surface area contributed by atoms with Gasteiger partial charge in [0.2, 0.25) is 5.91 Å². The van der Waals surface area contributed by atoms with Gasteiger partial charge in [0.15, 0.2) is 0 Å². The van der Waals surface area contributed by atoms with Crippen LogP contribution < -0.4 is 0 Å². The second kappa shape index (κ2) is 7.16. The average molecular weight is 314 g/mol. The molecule has 1 saturated heterocycles. The van der Waals surface area contributed by atoms with Crippen LogP contribution in [0.5, 0.6) is 0 Å². The summed E-state index contributed by atoms with van der Waals surface area (Å²) >= 11 is 5.73. The lowest BCUT2D eigenvalue weighted by atomic mass is 9.95. The van der Waals surface area contributed by atoms with E-state index in [-0.39, 0.29) is 23.9 Å². The van der Waals surface area contributed by atoms with E-state index in [0.29, 0.717) is 24.6 Å². The number of hydrogen-bond acceptors (Lipinski definition) is 4. The average Bonchev–Trinajstić information content (AvgIpc) is 2.80. The van der Waals surface area contributed by atoms with Crippen molar-refractivity contribution >= 4 is 23.2 Å². The highest BCUT2D eigenvalue weighted by molar-refractivity contribution is 6.17. The van der Waals surface area contributed by atoms with Crippen LogP contribution in [0.3, 0.4) is 0 Å². The first-order chi connectivity index (χ1) is 10.1. The molecule has 1 N–H and O–H groups in total. The normalized spacial score (nSPS) is 27.6. The quantitative estimate of drug-likeness (QED) is 0.367. The number of carbonyl (C=O) groups is 1. The van der Waals surface area contributed by atoms with Crippen molar-refractivity contribution in [1.29, 1.82) is 0 Å². The Morgan fingerprint density at radius 1 is 1.48 bits per heavy atom. The van der Waals surface area contributed by atoms with Crippen LogP contribution in [0.1, 0.15) is 33.1 Å². The SMILES string of the molecule is CC(C)N1CC/C(=N/O)C2C=CN(CCCCCl)C2C1=O. The van der Waals surface area contributed by atoms with Crippen LogP contribution in [0.15, 0.2) is 17.4 Å². The van der Waals surface area contributed by atoms with Crippen molar-refractivity contribution in [3.63, 3.8) is 0 Å². The van der Waals surface area contributed by atoms with Crippen molar-refractivity contribution in [2.75, 3.05) is 19.0 Å². The number of alkyl halides is 1. The number of oxime groups is 1. The smallest absolute Gasteiger partial charge is 0.246 e.